The second-order valence-electron chi connectivity index (χ2n) is 6.64. The van der Waals surface area contributed by atoms with Crippen LogP contribution in [0.3, 0.4) is 0 Å². The molecule has 1 aliphatic heterocycles. The summed E-state index contributed by atoms with van der Waals surface area (Å²) >= 11 is 0. The van der Waals surface area contributed by atoms with Gasteiger partial charge in [-0.2, -0.15) is 0 Å². The Bertz CT molecular complexity index is 355. The molecule has 0 spiro atoms. The molecule has 1 unspecified atom stereocenters. The van der Waals surface area contributed by atoms with Crippen LogP contribution in [0, 0.1) is 11.3 Å². The van der Waals surface area contributed by atoms with Gasteiger partial charge in [-0.3, -0.25) is 9.59 Å². The molecule has 5 heteroatoms. The Morgan fingerprint density at radius 2 is 1.73 bits per heavy atom. The molecule has 0 N–H and O–H groups in total. The van der Waals surface area contributed by atoms with Gasteiger partial charge >= 0.3 is 11.9 Å². The molecule has 0 aromatic heterocycles. The second kappa shape index (κ2) is 10.2. The molecule has 0 bridgehead atoms. The summed E-state index contributed by atoms with van der Waals surface area (Å²) in [4.78, 5) is 23.2. The zero-order valence-electron chi connectivity index (χ0n) is 14.3. The summed E-state index contributed by atoms with van der Waals surface area (Å²) in [6.45, 7) is 6.65. The number of ether oxygens (including phenoxy) is 1. The summed E-state index contributed by atoms with van der Waals surface area (Å²) in [6, 6.07) is 1.18. The van der Waals surface area contributed by atoms with Crippen molar-refractivity contribution < 1.29 is 18.8 Å². The fourth-order valence-corrected chi connectivity index (χ4v) is 3.60. The van der Waals surface area contributed by atoms with E-state index in [1.807, 2.05) is 13.8 Å². The van der Waals surface area contributed by atoms with E-state index in [2.05, 4.69) is 6.92 Å². The third-order valence-electron chi connectivity index (χ3n) is 4.30. The summed E-state index contributed by atoms with van der Waals surface area (Å²) in [6.07, 6.45) is 8.95. The quantitative estimate of drug-likeness (QED) is 0.236. The van der Waals surface area contributed by atoms with Gasteiger partial charge in [0, 0.05) is 6.61 Å². The molecule has 0 aliphatic carbocycles. The van der Waals surface area contributed by atoms with Gasteiger partial charge in [0.2, 0.25) is 9.76 Å². The molecule has 1 atom stereocenters. The maximum absolute atomic E-state index is 11.7. The normalized spacial score (nSPS) is 20.4. The molecule has 1 aliphatic rings. The third-order valence-corrected chi connectivity index (χ3v) is 5.27. The average Bonchev–Trinajstić information content (AvgIpc) is 2.66. The van der Waals surface area contributed by atoms with Crippen molar-refractivity contribution in [2.75, 3.05) is 6.61 Å². The van der Waals surface area contributed by atoms with Crippen LogP contribution >= 0.6 is 0 Å². The van der Waals surface area contributed by atoms with Crippen molar-refractivity contribution in [3.63, 3.8) is 0 Å². The molecule has 0 saturated carbocycles. The lowest BCUT2D eigenvalue weighted by atomic mass is 9.78. The predicted molar refractivity (Wildman–Crippen MR) is 87.5 cm³/mol. The van der Waals surface area contributed by atoms with Gasteiger partial charge in [-0.1, -0.05) is 45.4 Å². The van der Waals surface area contributed by atoms with Crippen LogP contribution in [0.5, 0.6) is 0 Å². The van der Waals surface area contributed by atoms with Gasteiger partial charge < -0.3 is 9.16 Å². The van der Waals surface area contributed by atoms with Crippen LogP contribution in [-0.2, 0) is 18.8 Å². The first kappa shape index (κ1) is 19.4. The molecule has 1 rings (SSSR count). The van der Waals surface area contributed by atoms with E-state index in [4.69, 9.17) is 9.16 Å². The second-order valence-corrected chi connectivity index (χ2v) is 7.71. The van der Waals surface area contributed by atoms with Crippen LogP contribution in [0.1, 0.15) is 72.1 Å². The zero-order valence-corrected chi connectivity index (χ0v) is 15.3. The minimum absolute atomic E-state index is 0.253. The van der Waals surface area contributed by atoms with Crippen LogP contribution in [-0.4, -0.2) is 28.3 Å². The lowest BCUT2D eigenvalue weighted by Crippen LogP contribution is -2.27. The Morgan fingerprint density at radius 3 is 2.32 bits per heavy atom. The van der Waals surface area contributed by atoms with Crippen LogP contribution in [0.4, 0.5) is 0 Å². The molecule has 1 fully saturated rings. The van der Waals surface area contributed by atoms with E-state index < -0.39 is 5.41 Å². The maximum Gasteiger partial charge on any atom is 0.320 e. The van der Waals surface area contributed by atoms with Crippen molar-refractivity contribution in [3.05, 3.63) is 0 Å². The highest BCUT2D eigenvalue weighted by molar-refractivity contribution is 6.26. The standard InChI is InChI=1S/C17H30O4Si/c1-4-12-20-22-13-10-8-6-5-7-9-11-14-15(18)21-16(19)17(14,2)3/h14H,4-13H2,1-3H3. The molecule has 2 radical (unpaired) electrons. The molecule has 0 aromatic rings. The van der Waals surface area contributed by atoms with Gasteiger partial charge in [0.25, 0.3) is 0 Å². The Hall–Kier alpha value is -0.683. The number of rotatable bonds is 12. The smallest absolute Gasteiger partial charge is 0.320 e. The van der Waals surface area contributed by atoms with Crippen molar-refractivity contribution in [2.45, 2.75) is 78.2 Å². The maximum atomic E-state index is 11.7. The van der Waals surface area contributed by atoms with Crippen LogP contribution in [0.25, 0.3) is 0 Å². The van der Waals surface area contributed by atoms with Gasteiger partial charge in [-0.15, -0.1) is 0 Å². The SMILES string of the molecule is CCCO[Si]CCCCCCCCC1C(=O)OC(=O)C1(C)C. The van der Waals surface area contributed by atoms with Crippen molar-refractivity contribution >= 4 is 21.7 Å². The molecule has 126 valence electrons. The van der Waals surface area contributed by atoms with Crippen molar-refractivity contribution in [3.8, 4) is 0 Å². The first-order chi connectivity index (χ1) is 10.5. The van der Waals surface area contributed by atoms with Crippen molar-refractivity contribution in [2.24, 2.45) is 11.3 Å². The summed E-state index contributed by atoms with van der Waals surface area (Å²) in [5.41, 5.74) is -0.642. The first-order valence-electron chi connectivity index (χ1n) is 8.61. The van der Waals surface area contributed by atoms with Gasteiger partial charge in [0.1, 0.15) is 0 Å². The molecule has 0 amide bonds. The van der Waals surface area contributed by atoms with E-state index >= 15 is 0 Å². The molecule has 1 heterocycles. The minimum Gasteiger partial charge on any atom is -0.417 e. The summed E-state index contributed by atoms with van der Waals surface area (Å²) in [7, 11) is 0.660. The molecular weight excluding hydrogens is 296 g/mol. The van der Waals surface area contributed by atoms with Gasteiger partial charge in [0.05, 0.1) is 11.3 Å². The Morgan fingerprint density at radius 1 is 1.09 bits per heavy atom. The third kappa shape index (κ3) is 6.21. The fraction of sp³-hybridized carbons (Fsp3) is 0.882. The zero-order chi connectivity index (χ0) is 16.4. The number of cyclic esters (lactones) is 2. The summed E-state index contributed by atoms with van der Waals surface area (Å²) in [5, 5.41) is 0. The van der Waals surface area contributed by atoms with E-state index in [1.165, 1.54) is 31.7 Å². The summed E-state index contributed by atoms with van der Waals surface area (Å²) < 4.78 is 10.2. The van der Waals surface area contributed by atoms with Crippen LogP contribution in [0.15, 0.2) is 0 Å². The molecule has 4 nitrogen and oxygen atoms in total. The molecule has 0 aromatic carbocycles. The Labute approximate surface area is 137 Å². The first-order valence-corrected chi connectivity index (χ1v) is 9.72. The topological polar surface area (TPSA) is 52.6 Å². The summed E-state index contributed by atoms with van der Waals surface area (Å²) in [5.74, 6) is -0.950. The lowest BCUT2D eigenvalue weighted by molar-refractivity contribution is -0.154. The highest BCUT2D eigenvalue weighted by atomic mass is 28.2. The van der Waals surface area contributed by atoms with E-state index in [0.717, 1.165) is 32.3 Å². The number of hydrogen-bond acceptors (Lipinski definition) is 4. The highest BCUT2D eigenvalue weighted by Crippen LogP contribution is 2.38. The molecule has 22 heavy (non-hydrogen) atoms. The van der Waals surface area contributed by atoms with E-state index in [-0.39, 0.29) is 17.9 Å². The minimum atomic E-state index is -0.642. The Balaban J connectivity index is 1.98. The number of unbranched alkanes of at least 4 members (excludes halogenated alkanes) is 5. The fourth-order valence-electron chi connectivity index (χ4n) is 2.71. The number of hydrogen-bond donors (Lipinski definition) is 0. The van der Waals surface area contributed by atoms with Crippen LogP contribution in [0.2, 0.25) is 6.04 Å². The van der Waals surface area contributed by atoms with Gasteiger partial charge in [-0.25, -0.2) is 0 Å². The average molecular weight is 327 g/mol. The van der Waals surface area contributed by atoms with E-state index in [1.54, 1.807) is 0 Å². The van der Waals surface area contributed by atoms with Crippen LogP contribution < -0.4 is 0 Å². The predicted octanol–water partition coefficient (Wildman–Crippen LogP) is 3.91. The van der Waals surface area contributed by atoms with Gasteiger partial charge in [-0.05, 0) is 32.7 Å². The van der Waals surface area contributed by atoms with E-state index in [0.29, 0.717) is 9.76 Å². The Kier molecular flexibility index (Phi) is 8.94. The number of carbonyl (C=O) groups excluding carboxylic acids is 2. The molecule has 1 saturated heterocycles. The van der Waals surface area contributed by atoms with Gasteiger partial charge in [0.15, 0.2) is 0 Å². The molecular formula is C17H30O4Si. The largest absolute Gasteiger partial charge is 0.417 e. The monoisotopic (exact) mass is 326 g/mol. The number of esters is 2. The lowest BCUT2D eigenvalue weighted by Gasteiger charge is -2.19. The van der Waals surface area contributed by atoms with Crippen molar-refractivity contribution in [1.29, 1.82) is 0 Å². The van der Waals surface area contributed by atoms with E-state index in [9.17, 15) is 9.59 Å². The highest BCUT2D eigenvalue weighted by Gasteiger charge is 2.50. The number of carbonyl (C=O) groups is 2. The van der Waals surface area contributed by atoms with Crippen molar-refractivity contribution in [1.82, 2.24) is 0 Å².